The van der Waals surface area contributed by atoms with Crippen LogP contribution in [0.1, 0.15) is 18.4 Å². The number of phenols is 1. The predicted octanol–water partition coefficient (Wildman–Crippen LogP) is 1.29. The van der Waals surface area contributed by atoms with Crippen molar-refractivity contribution in [2.24, 2.45) is 0 Å². The predicted molar refractivity (Wildman–Crippen MR) is 52.7 cm³/mol. The molecular weight excluding hydrogens is 198 g/mol. The third-order valence-electron chi connectivity index (χ3n) is 1.99. The van der Waals surface area contributed by atoms with Gasteiger partial charge in [-0.2, -0.15) is 0 Å². The van der Waals surface area contributed by atoms with Crippen molar-refractivity contribution in [1.82, 2.24) is 5.32 Å². The quantitative estimate of drug-likeness (QED) is 0.685. The molecular formula is C10H11NO4. The van der Waals surface area contributed by atoms with E-state index in [-0.39, 0.29) is 5.75 Å². The lowest BCUT2D eigenvalue weighted by atomic mass is 10.0. The van der Waals surface area contributed by atoms with Gasteiger partial charge in [0.05, 0.1) is 5.92 Å². The molecule has 15 heavy (non-hydrogen) atoms. The first-order valence-electron chi connectivity index (χ1n) is 4.33. The Labute approximate surface area is 86.4 Å². The molecule has 0 saturated carbocycles. The lowest BCUT2D eigenvalue weighted by Gasteiger charge is -2.10. The molecule has 5 nitrogen and oxygen atoms in total. The first-order chi connectivity index (χ1) is 7.00. The number of nitrogens with one attached hydrogen (secondary N) is 1. The van der Waals surface area contributed by atoms with Crippen molar-refractivity contribution in [2.75, 3.05) is 0 Å². The molecule has 0 spiro atoms. The maximum absolute atomic E-state index is 11.3. The monoisotopic (exact) mass is 209 g/mol. The average Bonchev–Trinajstić information content (AvgIpc) is 2.15. The molecule has 3 N–H and O–H groups in total. The Morgan fingerprint density at radius 2 is 2.07 bits per heavy atom. The van der Waals surface area contributed by atoms with Crippen molar-refractivity contribution < 1.29 is 19.8 Å². The number of hydrogen-bond donors (Lipinski definition) is 3. The van der Waals surface area contributed by atoms with E-state index in [9.17, 15) is 14.7 Å². The van der Waals surface area contributed by atoms with Gasteiger partial charge in [-0.3, -0.25) is 10.1 Å². The summed E-state index contributed by atoms with van der Waals surface area (Å²) in [6.07, 6.45) is -1.38. The maximum Gasteiger partial charge on any atom is 0.411 e. The zero-order valence-corrected chi connectivity index (χ0v) is 8.10. The summed E-state index contributed by atoms with van der Waals surface area (Å²) in [5.41, 5.74) is 0.564. The highest BCUT2D eigenvalue weighted by Gasteiger charge is 2.17. The van der Waals surface area contributed by atoms with Crippen LogP contribution in [-0.2, 0) is 4.79 Å². The zero-order chi connectivity index (χ0) is 11.4. The Kier molecular flexibility index (Phi) is 3.28. The standard InChI is InChI=1S/C10H11NO4/c1-6(9(13)11-10(14)15)7-3-2-4-8(12)5-7/h2-6,12H,1H3,(H,11,13)(H,14,15). The second-order valence-corrected chi connectivity index (χ2v) is 3.11. The lowest BCUT2D eigenvalue weighted by Crippen LogP contribution is -2.32. The first-order valence-corrected chi connectivity index (χ1v) is 4.33. The summed E-state index contributed by atoms with van der Waals surface area (Å²) < 4.78 is 0. The van der Waals surface area contributed by atoms with Gasteiger partial charge in [-0.05, 0) is 24.6 Å². The molecule has 1 rings (SSSR count). The van der Waals surface area contributed by atoms with E-state index in [0.29, 0.717) is 5.56 Å². The van der Waals surface area contributed by atoms with Crippen LogP contribution in [0.3, 0.4) is 0 Å². The Morgan fingerprint density at radius 3 is 2.60 bits per heavy atom. The maximum atomic E-state index is 11.3. The molecule has 0 aliphatic rings. The van der Waals surface area contributed by atoms with Crippen molar-refractivity contribution >= 4 is 12.0 Å². The average molecular weight is 209 g/mol. The number of phenolic OH excluding ortho intramolecular Hbond substituents is 1. The molecule has 0 aliphatic carbocycles. The third kappa shape index (κ3) is 2.98. The second kappa shape index (κ2) is 4.45. The molecule has 0 bridgehead atoms. The normalized spacial score (nSPS) is 11.8. The van der Waals surface area contributed by atoms with Crippen molar-refractivity contribution in [3.63, 3.8) is 0 Å². The molecule has 0 radical (unpaired) electrons. The summed E-state index contributed by atoms with van der Waals surface area (Å²) in [6, 6.07) is 6.14. The van der Waals surface area contributed by atoms with Gasteiger partial charge in [0.25, 0.3) is 0 Å². The number of amides is 2. The van der Waals surface area contributed by atoms with Gasteiger partial charge in [0.1, 0.15) is 5.75 Å². The summed E-state index contributed by atoms with van der Waals surface area (Å²) in [6.45, 7) is 1.56. The summed E-state index contributed by atoms with van der Waals surface area (Å²) in [5, 5.41) is 19.3. The van der Waals surface area contributed by atoms with E-state index in [0.717, 1.165) is 0 Å². The number of hydrogen-bond acceptors (Lipinski definition) is 3. The van der Waals surface area contributed by atoms with Gasteiger partial charge in [-0.25, -0.2) is 4.79 Å². The molecule has 1 unspecified atom stereocenters. The van der Waals surface area contributed by atoms with Crippen LogP contribution < -0.4 is 5.32 Å². The molecule has 0 heterocycles. The van der Waals surface area contributed by atoms with Crippen LogP contribution in [0.2, 0.25) is 0 Å². The van der Waals surface area contributed by atoms with E-state index in [1.54, 1.807) is 24.4 Å². The number of carbonyl (C=O) groups is 2. The van der Waals surface area contributed by atoms with Crippen LogP contribution in [0.5, 0.6) is 5.75 Å². The minimum Gasteiger partial charge on any atom is -0.508 e. The molecule has 1 aromatic carbocycles. The van der Waals surface area contributed by atoms with Gasteiger partial charge in [0, 0.05) is 0 Å². The molecule has 5 heteroatoms. The summed E-state index contributed by atoms with van der Waals surface area (Å²) in [4.78, 5) is 21.5. The van der Waals surface area contributed by atoms with Crippen LogP contribution in [0.4, 0.5) is 4.79 Å². The molecule has 2 amide bonds. The van der Waals surface area contributed by atoms with E-state index < -0.39 is 17.9 Å². The van der Waals surface area contributed by atoms with Crippen LogP contribution in [0, 0.1) is 0 Å². The molecule has 1 atom stereocenters. The highest BCUT2D eigenvalue weighted by molar-refractivity contribution is 5.94. The largest absolute Gasteiger partial charge is 0.508 e. The summed E-state index contributed by atoms with van der Waals surface area (Å²) >= 11 is 0. The smallest absolute Gasteiger partial charge is 0.411 e. The number of benzene rings is 1. The van der Waals surface area contributed by atoms with Crippen LogP contribution in [-0.4, -0.2) is 22.2 Å². The van der Waals surface area contributed by atoms with Crippen molar-refractivity contribution in [1.29, 1.82) is 0 Å². The molecule has 0 fully saturated rings. The Hall–Kier alpha value is -2.04. The number of rotatable bonds is 2. The SMILES string of the molecule is CC(C(=O)NC(=O)O)c1cccc(O)c1. The van der Waals surface area contributed by atoms with Crippen molar-refractivity contribution in [2.45, 2.75) is 12.8 Å². The van der Waals surface area contributed by atoms with E-state index in [1.807, 2.05) is 0 Å². The van der Waals surface area contributed by atoms with Gasteiger partial charge in [-0.1, -0.05) is 12.1 Å². The van der Waals surface area contributed by atoms with Crippen molar-refractivity contribution in [3.05, 3.63) is 29.8 Å². The minimum absolute atomic E-state index is 0.0440. The fraction of sp³-hybridized carbons (Fsp3) is 0.200. The Balaban J connectivity index is 2.80. The topological polar surface area (TPSA) is 86.6 Å². The highest BCUT2D eigenvalue weighted by Crippen LogP contribution is 2.19. The van der Waals surface area contributed by atoms with E-state index >= 15 is 0 Å². The fourth-order valence-electron chi connectivity index (χ4n) is 1.16. The zero-order valence-electron chi connectivity index (χ0n) is 8.10. The van der Waals surface area contributed by atoms with E-state index in [1.165, 1.54) is 12.1 Å². The van der Waals surface area contributed by atoms with E-state index in [2.05, 4.69) is 0 Å². The number of aromatic hydroxyl groups is 1. The molecule has 1 aromatic rings. The minimum atomic E-state index is -1.38. The second-order valence-electron chi connectivity index (χ2n) is 3.11. The van der Waals surface area contributed by atoms with Crippen molar-refractivity contribution in [3.8, 4) is 5.75 Å². The molecule has 0 aromatic heterocycles. The highest BCUT2D eigenvalue weighted by atomic mass is 16.4. The fourth-order valence-corrected chi connectivity index (χ4v) is 1.16. The van der Waals surface area contributed by atoms with E-state index in [4.69, 9.17) is 5.11 Å². The summed E-state index contributed by atoms with van der Waals surface area (Å²) in [7, 11) is 0. The number of carbonyl (C=O) groups excluding carboxylic acids is 1. The lowest BCUT2D eigenvalue weighted by molar-refractivity contribution is -0.121. The van der Waals surface area contributed by atoms with Gasteiger partial charge in [-0.15, -0.1) is 0 Å². The third-order valence-corrected chi connectivity index (χ3v) is 1.99. The molecule has 0 saturated heterocycles. The number of carboxylic acid groups (broad SMARTS) is 1. The van der Waals surface area contributed by atoms with Gasteiger partial charge in [0.15, 0.2) is 0 Å². The summed E-state index contributed by atoms with van der Waals surface area (Å²) in [5.74, 6) is -1.19. The Morgan fingerprint density at radius 1 is 1.40 bits per heavy atom. The van der Waals surface area contributed by atoms with Crippen LogP contribution >= 0.6 is 0 Å². The number of imide groups is 1. The van der Waals surface area contributed by atoms with Gasteiger partial charge in [0.2, 0.25) is 5.91 Å². The van der Waals surface area contributed by atoms with Crippen LogP contribution in [0.25, 0.3) is 0 Å². The Bertz CT molecular complexity index is 389. The molecule has 80 valence electrons. The molecule has 0 aliphatic heterocycles. The first kappa shape index (κ1) is 11.0. The van der Waals surface area contributed by atoms with Gasteiger partial charge >= 0.3 is 6.09 Å². The van der Waals surface area contributed by atoms with Crippen LogP contribution in [0.15, 0.2) is 24.3 Å². The van der Waals surface area contributed by atoms with Gasteiger partial charge < -0.3 is 10.2 Å².